The minimum Gasteiger partial charge on any atom is -0.748 e. The molecule has 0 heterocycles. The molecule has 0 amide bonds. The minimum absolute atomic E-state index is 0. The maximum atomic E-state index is 11.4. The number of hydrogen-bond donors (Lipinski definition) is 1. The van der Waals surface area contributed by atoms with E-state index in [2.05, 4.69) is 6.92 Å². The predicted octanol–water partition coefficient (Wildman–Crippen LogP) is 3.72. The third-order valence-electron chi connectivity index (χ3n) is 5.69. The Balaban J connectivity index is 0. The van der Waals surface area contributed by atoms with E-state index in [1.807, 2.05) is 6.92 Å². The van der Waals surface area contributed by atoms with Crippen molar-refractivity contribution in [3.63, 3.8) is 0 Å². The van der Waals surface area contributed by atoms with E-state index in [4.69, 9.17) is 0 Å². The fourth-order valence-corrected chi connectivity index (χ4v) is 4.72. The van der Waals surface area contributed by atoms with Crippen molar-refractivity contribution in [1.29, 1.82) is 0 Å². The monoisotopic (exact) mass is 442 g/mol. The van der Waals surface area contributed by atoms with Crippen LogP contribution in [0, 0.1) is 0 Å². The van der Waals surface area contributed by atoms with Crippen LogP contribution in [0.2, 0.25) is 0 Å². The van der Waals surface area contributed by atoms with Gasteiger partial charge in [-0.05, 0) is 26.2 Å². The van der Waals surface area contributed by atoms with E-state index >= 15 is 0 Å². The predicted molar refractivity (Wildman–Crippen MR) is 119 cm³/mol. The summed E-state index contributed by atoms with van der Waals surface area (Å²) in [6.07, 6.45) is 20.7. The molecule has 4 nitrogen and oxygen atoms in total. The molecule has 0 bridgehead atoms. The second-order valence-electron chi connectivity index (χ2n) is 8.63. The first-order valence-corrected chi connectivity index (χ1v) is 13.5. The van der Waals surface area contributed by atoms with Crippen LogP contribution in [0.1, 0.15) is 136 Å². The van der Waals surface area contributed by atoms with Gasteiger partial charge in [-0.1, -0.05) is 110 Å². The molecule has 170 valence electrons. The van der Waals surface area contributed by atoms with Crippen LogP contribution in [0.4, 0.5) is 0 Å². The number of unbranched alkanes of at least 4 members (excludes halogenated alkanes) is 14. The van der Waals surface area contributed by atoms with E-state index in [1.54, 1.807) is 0 Å². The van der Waals surface area contributed by atoms with Gasteiger partial charge in [-0.3, -0.25) is 0 Å². The molecule has 0 aromatic heterocycles. The molecular formula is C23H47NaO4S. The normalized spacial score (nSPS) is 13.8. The molecule has 1 N–H and O–H groups in total. The van der Waals surface area contributed by atoms with Crippen molar-refractivity contribution >= 4 is 10.1 Å². The van der Waals surface area contributed by atoms with Crippen molar-refractivity contribution in [1.82, 2.24) is 0 Å². The third-order valence-corrected chi connectivity index (χ3v) is 6.97. The summed E-state index contributed by atoms with van der Waals surface area (Å²) in [4.78, 5) is 0. The summed E-state index contributed by atoms with van der Waals surface area (Å²) in [5.74, 6) is 0. The van der Waals surface area contributed by atoms with E-state index in [9.17, 15) is 18.1 Å². The van der Waals surface area contributed by atoms with Crippen molar-refractivity contribution in [3.05, 3.63) is 0 Å². The van der Waals surface area contributed by atoms with Crippen LogP contribution in [0.15, 0.2) is 0 Å². The van der Waals surface area contributed by atoms with E-state index in [0.29, 0.717) is 12.8 Å². The van der Waals surface area contributed by atoms with Gasteiger partial charge >= 0.3 is 29.6 Å². The number of aliphatic hydroxyl groups is 1. The Morgan fingerprint density at radius 2 is 0.966 bits per heavy atom. The second kappa shape index (κ2) is 22.1. The van der Waals surface area contributed by atoms with Gasteiger partial charge in [-0.25, -0.2) is 8.42 Å². The standard InChI is InChI=1S/C23H48O4S.Na/c1-3-4-16-20-23(28(25,26)27)21-18-15-13-11-9-7-5-6-8-10-12-14-17-19-22(2)24;/h22-24H,3-21H2,1-2H3,(H,25,26,27);/q;+1/p-1. The molecule has 6 heteroatoms. The average Bonchev–Trinajstić information content (AvgIpc) is 2.62. The quantitative estimate of drug-likeness (QED) is 0.167. The zero-order valence-corrected chi connectivity index (χ0v) is 22.5. The minimum atomic E-state index is -4.13. The molecule has 0 aliphatic heterocycles. The second-order valence-corrected chi connectivity index (χ2v) is 10.3. The fourth-order valence-electron chi connectivity index (χ4n) is 3.81. The van der Waals surface area contributed by atoms with Crippen LogP contribution < -0.4 is 29.6 Å². The number of rotatable bonds is 21. The molecule has 0 aromatic rings. The van der Waals surface area contributed by atoms with Crippen molar-refractivity contribution in [2.45, 2.75) is 147 Å². The SMILES string of the molecule is CCCCCC(CCCCCCCCCCCCCCCC(C)O)S(=O)(=O)[O-].[Na+]. The molecule has 0 aliphatic rings. The largest absolute Gasteiger partial charge is 1.00 e. The summed E-state index contributed by atoms with van der Waals surface area (Å²) < 4.78 is 34.1. The van der Waals surface area contributed by atoms with Gasteiger partial charge in [0.05, 0.1) is 16.2 Å². The Kier molecular flexibility index (Phi) is 24.4. The summed E-state index contributed by atoms with van der Waals surface area (Å²) in [5.41, 5.74) is 0. The first-order chi connectivity index (χ1) is 13.4. The molecule has 29 heavy (non-hydrogen) atoms. The Morgan fingerprint density at radius 3 is 1.28 bits per heavy atom. The Labute approximate surface area is 204 Å². The molecule has 0 rings (SSSR count). The molecule has 0 fully saturated rings. The average molecular weight is 443 g/mol. The van der Waals surface area contributed by atoms with Crippen molar-refractivity contribution in [3.8, 4) is 0 Å². The summed E-state index contributed by atoms with van der Waals surface area (Å²) >= 11 is 0. The Hall–Kier alpha value is 0.870. The molecule has 0 saturated carbocycles. The zero-order valence-electron chi connectivity index (χ0n) is 19.7. The summed E-state index contributed by atoms with van der Waals surface area (Å²) in [6, 6.07) is 0. The molecule has 0 radical (unpaired) electrons. The van der Waals surface area contributed by atoms with Gasteiger partial charge in [0.25, 0.3) is 0 Å². The van der Waals surface area contributed by atoms with Gasteiger partial charge in [0.1, 0.15) is 0 Å². The summed E-state index contributed by atoms with van der Waals surface area (Å²) in [7, 11) is -4.13. The maximum Gasteiger partial charge on any atom is 1.00 e. The maximum absolute atomic E-state index is 11.4. The number of hydrogen-bond acceptors (Lipinski definition) is 4. The number of aliphatic hydroxyl groups excluding tert-OH is 1. The van der Waals surface area contributed by atoms with E-state index in [1.165, 1.54) is 57.8 Å². The molecule has 2 unspecified atom stereocenters. The van der Waals surface area contributed by atoms with Crippen molar-refractivity contribution in [2.75, 3.05) is 0 Å². The van der Waals surface area contributed by atoms with Gasteiger partial charge in [0, 0.05) is 5.25 Å². The topological polar surface area (TPSA) is 77.4 Å². The van der Waals surface area contributed by atoms with Gasteiger partial charge in [0.2, 0.25) is 0 Å². The zero-order chi connectivity index (χ0) is 21.1. The Morgan fingerprint density at radius 1 is 0.655 bits per heavy atom. The van der Waals surface area contributed by atoms with Crippen LogP contribution in [0.5, 0.6) is 0 Å². The molecular weight excluding hydrogens is 395 g/mol. The molecule has 0 aliphatic carbocycles. The molecule has 2 atom stereocenters. The third kappa shape index (κ3) is 23.4. The van der Waals surface area contributed by atoms with Gasteiger partial charge < -0.3 is 9.66 Å². The van der Waals surface area contributed by atoms with Crippen LogP contribution in [-0.4, -0.2) is 29.4 Å². The van der Waals surface area contributed by atoms with E-state index in [-0.39, 0.29) is 35.7 Å². The van der Waals surface area contributed by atoms with Crippen LogP contribution in [0.25, 0.3) is 0 Å². The van der Waals surface area contributed by atoms with Gasteiger partial charge in [-0.2, -0.15) is 0 Å². The smallest absolute Gasteiger partial charge is 0.748 e. The van der Waals surface area contributed by atoms with Crippen LogP contribution >= 0.6 is 0 Å². The fraction of sp³-hybridized carbons (Fsp3) is 1.00. The summed E-state index contributed by atoms with van der Waals surface area (Å²) in [5, 5.41) is 8.54. The summed E-state index contributed by atoms with van der Waals surface area (Å²) in [6.45, 7) is 3.95. The molecule has 0 aromatic carbocycles. The molecule has 0 spiro atoms. The van der Waals surface area contributed by atoms with Crippen molar-refractivity contribution < 1.29 is 47.6 Å². The Bertz CT molecular complexity index is 427. The van der Waals surface area contributed by atoms with E-state index in [0.717, 1.165) is 51.4 Å². The van der Waals surface area contributed by atoms with Gasteiger partial charge in [0.15, 0.2) is 0 Å². The van der Waals surface area contributed by atoms with E-state index < -0.39 is 15.4 Å². The van der Waals surface area contributed by atoms with Crippen molar-refractivity contribution in [2.24, 2.45) is 0 Å². The van der Waals surface area contributed by atoms with Gasteiger partial charge in [-0.15, -0.1) is 0 Å². The van der Waals surface area contributed by atoms with Crippen LogP contribution in [0.3, 0.4) is 0 Å². The van der Waals surface area contributed by atoms with Crippen LogP contribution in [-0.2, 0) is 10.1 Å². The molecule has 0 saturated heterocycles. The first-order valence-electron chi connectivity index (χ1n) is 12.0. The first kappa shape index (κ1) is 32.1.